The van der Waals surface area contributed by atoms with Crippen molar-refractivity contribution in [2.45, 2.75) is 32.2 Å². The van der Waals surface area contributed by atoms with Crippen molar-refractivity contribution >= 4 is 17.2 Å². The third kappa shape index (κ3) is 5.09. The van der Waals surface area contributed by atoms with Gasteiger partial charge in [-0.3, -0.25) is 4.79 Å². The fourth-order valence-electron chi connectivity index (χ4n) is 2.09. The molecule has 0 fully saturated rings. The van der Waals surface area contributed by atoms with E-state index in [4.69, 9.17) is 9.68 Å². The van der Waals surface area contributed by atoms with Crippen LogP contribution >= 0.6 is 11.3 Å². The molecule has 2 aromatic heterocycles. The quantitative estimate of drug-likeness (QED) is 0.748. The van der Waals surface area contributed by atoms with E-state index < -0.39 is 0 Å². The monoisotopic (exact) mass is 302 g/mol. The maximum Gasteiger partial charge on any atom is 0.223 e. The summed E-state index contributed by atoms with van der Waals surface area (Å²) in [6.45, 7) is 0.890. The van der Waals surface area contributed by atoms with Gasteiger partial charge < -0.3 is 9.32 Å². The van der Waals surface area contributed by atoms with Gasteiger partial charge in [-0.1, -0.05) is 6.07 Å². The summed E-state index contributed by atoms with van der Waals surface area (Å²) in [6.07, 6.45) is 4.21. The molecule has 0 saturated carbocycles. The Hall–Kier alpha value is -2.06. The third-order valence-corrected chi connectivity index (χ3v) is 4.10. The molecule has 0 aliphatic carbocycles. The standard InChI is InChI=1S/C16H18N2O2S/c17-9-4-10-18(13-14-5-2-11-20-14)16(19)8-1-6-15-7-3-12-21-15/h2-3,5,7,11-12H,1,4,6,8,10,13H2. The molecule has 2 heterocycles. The zero-order chi connectivity index (χ0) is 14.9. The summed E-state index contributed by atoms with van der Waals surface area (Å²) in [6, 6.07) is 9.85. The number of rotatable bonds is 8. The van der Waals surface area contributed by atoms with E-state index in [1.165, 1.54) is 4.88 Å². The molecule has 0 spiro atoms. The van der Waals surface area contributed by atoms with E-state index in [1.807, 2.05) is 17.5 Å². The maximum atomic E-state index is 12.3. The smallest absolute Gasteiger partial charge is 0.223 e. The number of carbonyl (C=O) groups excluding carboxylic acids is 1. The highest BCUT2D eigenvalue weighted by atomic mass is 32.1. The van der Waals surface area contributed by atoms with Crippen LogP contribution in [0.3, 0.4) is 0 Å². The van der Waals surface area contributed by atoms with Crippen LogP contribution in [0.2, 0.25) is 0 Å². The molecule has 0 N–H and O–H groups in total. The molecule has 0 aromatic carbocycles. The zero-order valence-corrected chi connectivity index (χ0v) is 12.6. The Morgan fingerprint density at radius 2 is 2.29 bits per heavy atom. The van der Waals surface area contributed by atoms with Crippen molar-refractivity contribution in [3.8, 4) is 6.07 Å². The largest absolute Gasteiger partial charge is 0.467 e. The first-order valence-corrected chi connectivity index (χ1v) is 7.87. The van der Waals surface area contributed by atoms with Crippen LogP contribution in [-0.4, -0.2) is 17.4 Å². The lowest BCUT2D eigenvalue weighted by Gasteiger charge is -2.20. The molecule has 0 unspecified atom stereocenters. The second-order valence-corrected chi connectivity index (χ2v) is 5.77. The van der Waals surface area contributed by atoms with Gasteiger partial charge >= 0.3 is 0 Å². The Balaban J connectivity index is 1.83. The van der Waals surface area contributed by atoms with E-state index in [1.54, 1.807) is 28.6 Å². The number of hydrogen-bond donors (Lipinski definition) is 0. The number of aryl methyl sites for hydroxylation is 1. The van der Waals surface area contributed by atoms with E-state index in [2.05, 4.69) is 12.1 Å². The van der Waals surface area contributed by atoms with Gasteiger partial charge in [0.1, 0.15) is 5.76 Å². The molecule has 0 aliphatic heterocycles. The van der Waals surface area contributed by atoms with Crippen molar-refractivity contribution in [2.24, 2.45) is 0 Å². The van der Waals surface area contributed by atoms with E-state index >= 15 is 0 Å². The average molecular weight is 302 g/mol. The van der Waals surface area contributed by atoms with Crippen LogP contribution in [0.25, 0.3) is 0 Å². The predicted octanol–water partition coefficient (Wildman–Crippen LogP) is 3.61. The van der Waals surface area contributed by atoms with Crippen LogP contribution in [0.4, 0.5) is 0 Å². The molecule has 4 nitrogen and oxygen atoms in total. The minimum Gasteiger partial charge on any atom is -0.467 e. The van der Waals surface area contributed by atoms with Gasteiger partial charge in [0, 0.05) is 17.8 Å². The topological polar surface area (TPSA) is 57.2 Å². The van der Waals surface area contributed by atoms with Gasteiger partial charge in [0.05, 0.1) is 25.3 Å². The number of thiophene rings is 1. The Morgan fingerprint density at radius 1 is 1.38 bits per heavy atom. The molecule has 110 valence electrons. The van der Waals surface area contributed by atoms with Crippen molar-refractivity contribution in [3.63, 3.8) is 0 Å². The Labute approximate surface area is 128 Å². The summed E-state index contributed by atoms with van der Waals surface area (Å²) >= 11 is 1.72. The van der Waals surface area contributed by atoms with E-state index in [9.17, 15) is 4.79 Å². The molecule has 0 aliphatic rings. The van der Waals surface area contributed by atoms with Crippen LogP contribution in [0.1, 0.15) is 29.9 Å². The molecule has 1 amide bonds. The van der Waals surface area contributed by atoms with Crippen molar-refractivity contribution < 1.29 is 9.21 Å². The van der Waals surface area contributed by atoms with E-state index in [-0.39, 0.29) is 5.91 Å². The van der Waals surface area contributed by atoms with Crippen molar-refractivity contribution in [3.05, 3.63) is 46.5 Å². The SMILES string of the molecule is N#CCCN(Cc1ccco1)C(=O)CCCc1cccs1. The first-order chi connectivity index (χ1) is 10.3. The minimum absolute atomic E-state index is 0.0817. The molecule has 0 saturated heterocycles. The minimum atomic E-state index is 0.0817. The van der Waals surface area contributed by atoms with Gasteiger partial charge in [-0.15, -0.1) is 11.3 Å². The molecular weight excluding hydrogens is 284 g/mol. The highest BCUT2D eigenvalue weighted by Gasteiger charge is 2.14. The van der Waals surface area contributed by atoms with Crippen molar-refractivity contribution in [1.82, 2.24) is 4.90 Å². The number of hydrogen-bond acceptors (Lipinski definition) is 4. The van der Waals surface area contributed by atoms with Gasteiger partial charge in [-0.25, -0.2) is 0 Å². The first kappa shape index (κ1) is 15.3. The summed E-state index contributed by atoms with van der Waals surface area (Å²) in [5.74, 6) is 0.831. The Bertz CT molecular complexity index is 570. The van der Waals surface area contributed by atoms with Crippen LogP contribution in [-0.2, 0) is 17.8 Å². The molecule has 2 aromatic rings. The zero-order valence-electron chi connectivity index (χ0n) is 11.8. The number of furan rings is 1. The highest BCUT2D eigenvalue weighted by molar-refractivity contribution is 7.09. The highest BCUT2D eigenvalue weighted by Crippen LogP contribution is 2.14. The van der Waals surface area contributed by atoms with Crippen LogP contribution in [0.15, 0.2) is 40.3 Å². The fraction of sp³-hybridized carbons (Fsp3) is 0.375. The number of nitriles is 1. The molecule has 0 radical (unpaired) electrons. The molecule has 0 bridgehead atoms. The maximum absolute atomic E-state index is 12.3. The van der Waals surface area contributed by atoms with Gasteiger partial charge in [-0.2, -0.15) is 5.26 Å². The second-order valence-electron chi connectivity index (χ2n) is 4.74. The summed E-state index contributed by atoms with van der Waals surface area (Å²) in [5.41, 5.74) is 0. The lowest BCUT2D eigenvalue weighted by atomic mass is 10.2. The molecule has 0 atom stereocenters. The number of nitrogens with zero attached hydrogens (tertiary/aromatic N) is 2. The second kappa shape index (κ2) is 8.28. The summed E-state index contributed by atoms with van der Waals surface area (Å²) in [4.78, 5) is 15.3. The van der Waals surface area contributed by atoms with Gasteiger partial charge in [0.2, 0.25) is 5.91 Å². The lowest BCUT2D eigenvalue weighted by molar-refractivity contribution is -0.132. The number of amides is 1. The normalized spacial score (nSPS) is 10.2. The lowest BCUT2D eigenvalue weighted by Crippen LogP contribution is -2.31. The van der Waals surface area contributed by atoms with Crippen molar-refractivity contribution in [1.29, 1.82) is 5.26 Å². The Morgan fingerprint density at radius 3 is 2.95 bits per heavy atom. The fourth-order valence-corrected chi connectivity index (χ4v) is 2.85. The third-order valence-electron chi connectivity index (χ3n) is 3.17. The Kier molecular flexibility index (Phi) is 6.04. The van der Waals surface area contributed by atoms with Crippen molar-refractivity contribution in [2.75, 3.05) is 6.54 Å². The van der Waals surface area contributed by atoms with Gasteiger partial charge in [-0.05, 0) is 36.4 Å². The summed E-state index contributed by atoms with van der Waals surface area (Å²) in [7, 11) is 0. The van der Waals surface area contributed by atoms with Crippen LogP contribution in [0.5, 0.6) is 0 Å². The van der Waals surface area contributed by atoms with Gasteiger partial charge in [0.25, 0.3) is 0 Å². The van der Waals surface area contributed by atoms with Gasteiger partial charge in [0.15, 0.2) is 0 Å². The van der Waals surface area contributed by atoms with E-state index in [0.29, 0.717) is 25.9 Å². The molecule has 5 heteroatoms. The molecular formula is C16H18N2O2S. The molecule has 2 rings (SSSR count). The first-order valence-electron chi connectivity index (χ1n) is 6.99. The number of carbonyl (C=O) groups is 1. The summed E-state index contributed by atoms with van der Waals surface area (Å²) < 4.78 is 5.28. The molecule has 21 heavy (non-hydrogen) atoms. The van der Waals surface area contributed by atoms with Crippen LogP contribution < -0.4 is 0 Å². The van der Waals surface area contributed by atoms with E-state index in [0.717, 1.165) is 18.6 Å². The summed E-state index contributed by atoms with van der Waals surface area (Å²) in [5, 5.41) is 10.8. The average Bonchev–Trinajstić information content (AvgIpc) is 3.16. The van der Waals surface area contributed by atoms with Crippen LogP contribution in [0, 0.1) is 11.3 Å². The predicted molar refractivity (Wildman–Crippen MR) is 81.6 cm³/mol.